The second kappa shape index (κ2) is 36.9. The van der Waals surface area contributed by atoms with Crippen LogP contribution in [0, 0.1) is 17.5 Å². The summed E-state index contributed by atoms with van der Waals surface area (Å²) in [6.07, 6.45) is 5.24. The smallest absolute Gasteiger partial charge is 0.274 e. The first-order chi connectivity index (χ1) is 53.3. The number of carbonyl (C=O) groups excluding carboxylic acids is 4. The van der Waals surface area contributed by atoms with Crippen LogP contribution in [0.15, 0.2) is 203 Å². The van der Waals surface area contributed by atoms with E-state index in [9.17, 15) is 66.0 Å². The molecule has 0 unspecified atom stereocenters. The molecule has 4 aliphatic rings. The van der Waals surface area contributed by atoms with Crippen LogP contribution < -0.4 is 16.4 Å². The molecule has 0 aliphatic carbocycles. The van der Waals surface area contributed by atoms with Crippen molar-refractivity contribution < 1.29 is 86.7 Å². The van der Waals surface area contributed by atoms with Crippen LogP contribution in [0.2, 0.25) is 0 Å². The quantitative estimate of drug-likeness (QED) is 0.0268. The van der Waals surface area contributed by atoms with Crippen molar-refractivity contribution in [2.75, 3.05) is 45.1 Å². The lowest BCUT2D eigenvalue weighted by Crippen LogP contribution is -2.33. The average Bonchev–Trinajstić information content (AvgIpc) is 1.47. The summed E-state index contributed by atoms with van der Waals surface area (Å²) < 4.78 is 151. The Morgan fingerprint density at radius 1 is 0.402 bits per heavy atom. The molecule has 592 valence electrons. The van der Waals surface area contributed by atoms with Crippen molar-refractivity contribution in [3.05, 3.63) is 278 Å². The van der Waals surface area contributed by atoms with Crippen molar-refractivity contribution in [3.63, 3.8) is 0 Å². The summed E-state index contributed by atoms with van der Waals surface area (Å²) in [6, 6.07) is 49.6. The monoisotopic (exact) mass is 1610 g/mol. The number of aliphatic hydroxyl groups is 1. The van der Waals surface area contributed by atoms with Gasteiger partial charge in [0.25, 0.3) is 17.7 Å². The summed E-state index contributed by atoms with van der Waals surface area (Å²) in [4.78, 5) is 47.0. The van der Waals surface area contributed by atoms with Gasteiger partial charge >= 0.3 is 0 Å². The Labute approximate surface area is 650 Å². The van der Waals surface area contributed by atoms with Crippen molar-refractivity contribution in [2.24, 2.45) is 0 Å². The standard InChI is InChI=1S/C24H22FNO4S.C23H20F2N2O4S.C21H26N2O4S.C14H20N2O4S/c25-22-8-6-17(7-9-22)19-2-1-3-23(15-19)31(29,30)26-12-10-18-4-5-21(24(28)16-27)14-20(18)11-13-26;24-19-8-6-15(7-9-19)16-3-1-5-20(12-16)32(30,31)27-10-2-4-17-11-18(23(28)26-29)13-22(25)21(17)14-27;1-21(2,3)18-8-10-19(11-9-18)28(26,27)23-12-4-5-15-13-16(20(24)22-25)6-7-17(15)14-23;1-2-8-21(19,20)16-7-3-4-11-9-12(14(17)15-18)5-6-13(11)10-16/h1-9,14-15,27H,10-13,16H2;1,3,5-9,11-13,29H,2,4,10,14H2,(H,26,28);6-11,13,25H,4-5,12,14H2,1-3H3,(H,22,24);5-6,9,18H,2-4,7-8,10H2,1H3,(H,15,17). The van der Waals surface area contributed by atoms with Gasteiger partial charge in [0, 0.05) is 80.2 Å². The summed E-state index contributed by atoms with van der Waals surface area (Å²) in [5, 5.41) is 35.4. The molecule has 3 amide bonds. The van der Waals surface area contributed by atoms with Crippen molar-refractivity contribution in [2.45, 2.75) is 125 Å². The number of carbonyl (C=O) groups is 4. The van der Waals surface area contributed by atoms with Gasteiger partial charge in [-0.1, -0.05) is 113 Å². The molecular formula is C82H88F3N7O16S4. The summed E-state index contributed by atoms with van der Waals surface area (Å²) in [7, 11) is -14.5. The highest BCUT2D eigenvalue weighted by Gasteiger charge is 2.33. The van der Waals surface area contributed by atoms with E-state index in [0.29, 0.717) is 122 Å². The van der Waals surface area contributed by atoms with Crippen LogP contribution >= 0.6 is 0 Å². The number of hydrogen-bond acceptors (Lipinski definition) is 16. The first-order valence-electron chi connectivity index (χ1n) is 36.2. The first kappa shape index (κ1) is 84.8. The van der Waals surface area contributed by atoms with Gasteiger partial charge in [-0.2, -0.15) is 17.2 Å². The number of rotatable bonds is 16. The van der Waals surface area contributed by atoms with E-state index in [4.69, 9.17) is 20.7 Å². The van der Waals surface area contributed by atoms with Gasteiger partial charge in [0.05, 0.1) is 20.4 Å². The molecule has 0 saturated carbocycles. The third-order valence-electron chi connectivity index (χ3n) is 19.8. The van der Waals surface area contributed by atoms with Crippen LogP contribution in [-0.2, 0) is 97.2 Å². The second-order valence-electron chi connectivity index (χ2n) is 28.3. The number of hydrogen-bond donors (Lipinski definition) is 7. The minimum atomic E-state index is -3.94. The lowest BCUT2D eigenvalue weighted by atomic mass is 9.87. The predicted octanol–water partition coefficient (Wildman–Crippen LogP) is 11.9. The molecule has 30 heteroatoms. The SMILES string of the molecule is CC(C)(C)c1ccc(S(=O)(=O)N2CCCc3cc(C(=O)NO)ccc3C2)cc1.CCCS(=O)(=O)N1CCCc2cc(C(=O)NO)ccc2C1.O=C(CO)c1ccc2c(c1)CCN(S(=O)(=O)c1cccc(-c3ccc(F)cc3)c1)CC2.O=C(NO)c1cc(F)c2c(c1)CCCN(S(=O)(=O)c1cccc(-c3ccc(F)cc3)c1)C2. The Balaban J connectivity index is 0.000000160. The molecule has 9 aromatic carbocycles. The van der Waals surface area contributed by atoms with E-state index < -0.39 is 70.2 Å². The average molecular weight is 1610 g/mol. The molecule has 0 atom stereocenters. The normalized spacial score (nSPS) is 15.1. The van der Waals surface area contributed by atoms with Crippen LogP contribution in [0.25, 0.3) is 22.3 Å². The van der Waals surface area contributed by atoms with Crippen LogP contribution in [0.3, 0.4) is 0 Å². The highest BCUT2D eigenvalue weighted by molar-refractivity contribution is 7.90. The van der Waals surface area contributed by atoms with Crippen LogP contribution in [0.5, 0.6) is 0 Å². The van der Waals surface area contributed by atoms with Crippen molar-refractivity contribution in [1.29, 1.82) is 0 Å². The van der Waals surface area contributed by atoms with Gasteiger partial charge in [0.15, 0.2) is 5.78 Å². The molecule has 13 rings (SSSR count). The maximum absolute atomic E-state index is 14.8. The number of ketones is 1. The Hall–Kier alpha value is -9.67. The number of halogens is 3. The number of nitrogens with one attached hydrogen (secondary N) is 3. The van der Waals surface area contributed by atoms with Crippen molar-refractivity contribution in [3.8, 4) is 22.3 Å². The van der Waals surface area contributed by atoms with E-state index in [1.54, 1.807) is 132 Å². The topological polar surface area (TPSA) is 335 Å². The number of amides is 3. The molecule has 0 spiro atoms. The molecule has 9 aromatic rings. The third-order valence-corrected chi connectivity index (χ3v) is 27.4. The maximum Gasteiger partial charge on any atom is 0.274 e. The van der Waals surface area contributed by atoms with E-state index in [-0.39, 0.29) is 69.1 Å². The van der Waals surface area contributed by atoms with Crippen molar-refractivity contribution in [1.82, 2.24) is 33.7 Å². The minimum absolute atomic E-state index is 0.0351. The van der Waals surface area contributed by atoms with Gasteiger partial charge in [-0.25, -0.2) is 63.3 Å². The predicted molar refractivity (Wildman–Crippen MR) is 415 cm³/mol. The fourth-order valence-corrected chi connectivity index (χ4v) is 19.6. The highest BCUT2D eigenvalue weighted by Crippen LogP contribution is 2.34. The zero-order chi connectivity index (χ0) is 80.9. The molecule has 0 bridgehead atoms. The zero-order valence-corrected chi connectivity index (χ0v) is 65.3. The fraction of sp³-hybridized carbons (Fsp3) is 0.293. The Bertz CT molecular complexity index is 5420. The van der Waals surface area contributed by atoms with E-state index >= 15 is 0 Å². The number of nitrogens with zero attached hydrogens (tertiary/aromatic N) is 4. The number of aliphatic hydroxyl groups excluding tert-OH is 1. The number of hydroxylamine groups is 3. The molecule has 7 N–H and O–H groups in total. The lowest BCUT2D eigenvalue weighted by molar-refractivity contribution is 0.0701. The van der Waals surface area contributed by atoms with E-state index in [1.807, 2.05) is 25.1 Å². The molecule has 0 radical (unpaired) electrons. The van der Waals surface area contributed by atoms with Gasteiger partial charge in [0.2, 0.25) is 40.1 Å². The van der Waals surface area contributed by atoms with Crippen LogP contribution in [0.4, 0.5) is 13.2 Å². The highest BCUT2D eigenvalue weighted by atomic mass is 32.2. The van der Waals surface area contributed by atoms with Gasteiger partial charge < -0.3 is 5.11 Å². The Kier molecular flexibility index (Phi) is 27.9. The van der Waals surface area contributed by atoms with Gasteiger partial charge in [-0.15, -0.1) is 0 Å². The van der Waals surface area contributed by atoms with Crippen molar-refractivity contribution >= 4 is 63.6 Å². The maximum atomic E-state index is 14.8. The summed E-state index contributed by atoms with van der Waals surface area (Å²) in [5.41, 5.74) is 16.0. The van der Waals surface area contributed by atoms with Crippen LogP contribution in [-0.4, -0.2) is 140 Å². The van der Waals surface area contributed by atoms with E-state index in [1.165, 1.54) is 65.2 Å². The summed E-state index contributed by atoms with van der Waals surface area (Å²) in [6.45, 7) is 9.73. The third kappa shape index (κ3) is 20.6. The number of fused-ring (bicyclic) bond motifs is 4. The summed E-state index contributed by atoms with van der Waals surface area (Å²) >= 11 is 0. The van der Waals surface area contributed by atoms with Gasteiger partial charge in [-0.05, 0) is 233 Å². The number of sulfonamides is 4. The molecule has 4 heterocycles. The number of Topliss-reactive ketones (excluding diaryl/α,β-unsaturated/α-hetero) is 1. The molecule has 0 saturated heterocycles. The largest absolute Gasteiger partial charge is 0.388 e. The molecule has 0 aromatic heterocycles. The summed E-state index contributed by atoms with van der Waals surface area (Å²) in [5.74, 6) is -3.60. The Morgan fingerprint density at radius 3 is 1.30 bits per heavy atom. The van der Waals surface area contributed by atoms with Gasteiger partial charge in [0.1, 0.15) is 24.1 Å². The number of benzene rings is 9. The molecule has 0 fully saturated rings. The van der Waals surface area contributed by atoms with E-state index in [0.717, 1.165) is 63.4 Å². The lowest BCUT2D eigenvalue weighted by Gasteiger charge is -2.22. The van der Waals surface area contributed by atoms with Gasteiger partial charge in [-0.3, -0.25) is 34.8 Å². The fourth-order valence-electron chi connectivity index (χ4n) is 13.6. The minimum Gasteiger partial charge on any atom is -0.388 e. The molecule has 23 nitrogen and oxygen atoms in total. The Morgan fingerprint density at radius 2 is 0.812 bits per heavy atom. The first-order valence-corrected chi connectivity index (χ1v) is 42.2. The molecule has 112 heavy (non-hydrogen) atoms. The second-order valence-corrected chi connectivity index (χ2v) is 36.2. The molecular weight excluding hydrogens is 1520 g/mol. The number of aryl methyl sites for hydroxylation is 3. The molecule has 4 aliphatic heterocycles. The van der Waals surface area contributed by atoms with E-state index in [2.05, 4.69) is 20.8 Å². The van der Waals surface area contributed by atoms with Crippen LogP contribution in [0.1, 0.15) is 145 Å². The zero-order valence-electron chi connectivity index (χ0n) is 62.1.